The van der Waals surface area contributed by atoms with Gasteiger partial charge in [-0.15, -0.1) is 18.2 Å². The number of carbonyl (C=O) groups excluding carboxylic acids is 4. The molecule has 12 nitrogen and oxygen atoms in total. The zero-order chi connectivity index (χ0) is 34.2. The fourth-order valence-electron chi connectivity index (χ4n) is 4.89. The average molecular weight is 662 g/mol. The van der Waals surface area contributed by atoms with Gasteiger partial charge in [-0.3, -0.25) is 19.5 Å². The molecule has 2 fully saturated rings. The monoisotopic (exact) mass is 661 g/mol. The number of rotatable bonds is 7. The van der Waals surface area contributed by atoms with E-state index in [2.05, 4.69) is 14.6 Å². The van der Waals surface area contributed by atoms with Crippen LogP contribution in [0.1, 0.15) is 33.3 Å². The summed E-state index contributed by atoms with van der Waals surface area (Å²) in [5.74, 6) is -6.14. The summed E-state index contributed by atoms with van der Waals surface area (Å²) in [6.07, 6.45) is -8.06. The minimum absolute atomic E-state index is 0.0515. The molecular weight excluding hydrogens is 632 g/mol. The third-order valence-electron chi connectivity index (χ3n) is 7.05. The lowest BCUT2D eigenvalue weighted by molar-refractivity contribution is -0.274. The Hall–Kier alpha value is -4.45. The molecule has 0 atom stereocenters. The Labute approximate surface area is 258 Å². The Morgan fingerprint density at radius 1 is 1.02 bits per heavy atom. The fourth-order valence-corrected chi connectivity index (χ4v) is 4.89. The number of morpholine rings is 1. The lowest BCUT2D eigenvalue weighted by Gasteiger charge is -2.38. The van der Waals surface area contributed by atoms with Crippen molar-refractivity contribution in [3.63, 3.8) is 0 Å². The first-order valence-electron chi connectivity index (χ1n) is 13.6. The van der Waals surface area contributed by atoms with E-state index in [1.54, 1.807) is 26.0 Å². The Kier molecular flexibility index (Phi) is 9.27. The maximum Gasteiger partial charge on any atom is 0.573 e. The molecule has 0 N–H and O–H groups in total. The van der Waals surface area contributed by atoms with E-state index in [4.69, 9.17) is 4.74 Å². The van der Waals surface area contributed by atoms with Gasteiger partial charge < -0.3 is 19.2 Å². The van der Waals surface area contributed by atoms with Crippen molar-refractivity contribution >= 4 is 35.2 Å². The van der Waals surface area contributed by atoms with Gasteiger partial charge in [-0.25, -0.2) is 14.5 Å². The van der Waals surface area contributed by atoms with Gasteiger partial charge >= 0.3 is 24.5 Å². The molecule has 1 aromatic heterocycles. The summed E-state index contributed by atoms with van der Waals surface area (Å²) in [7, 11) is 0. The van der Waals surface area contributed by atoms with Crippen LogP contribution in [0.3, 0.4) is 0 Å². The molecule has 0 radical (unpaired) electrons. The summed E-state index contributed by atoms with van der Waals surface area (Å²) < 4.78 is 89.6. The molecule has 4 rings (SSSR count). The number of benzene rings is 1. The number of urea groups is 1. The molecule has 0 saturated carbocycles. The maximum atomic E-state index is 13.6. The second-order valence-corrected chi connectivity index (χ2v) is 11.5. The topological polar surface area (TPSA) is 122 Å². The van der Waals surface area contributed by atoms with Crippen molar-refractivity contribution in [3.05, 3.63) is 48.3 Å². The number of imide groups is 1. The molecule has 0 unspecified atom stereocenters. The predicted molar refractivity (Wildman–Crippen MR) is 146 cm³/mol. The number of hydrogen-bond donors (Lipinski definition) is 0. The van der Waals surface area contributed by atoms with Crippen molar-refractivity contribution in [2.24, 2.45) is 0 Å². The van der Waals surface area contributed by atoms with Crippen LogP contribution in [0.15, 0.2) is 42.7 Å². The first kappa shape index (κ1) is 34.4. The van der Waals surface area contributed by atoms with Gasteiger partial charge in [0.15, 0.2) is 5.75 Å². The quantitative estimate of drug-likeness (QED) is 0.244. The number of aromatic nitrogens is 1. The fraction of sp³-hybridized carbons (Fsp3) is 0.464. The van der Waals surface area contributed by atoms with Crippen molar-refractivity contribution in [2.45, 2.75) is 57.9 Å². The van der Waals surface area contributed by atoms with E-state index in [0.29, 0.717) is 28.7 Å². The third kappa shape index (κ3) is 7.67. The van der Waals surface area contributed by atoms with Gasteiger partial charge in [0.2, 0.25) is 0 Å². The van der Waals surface area contributed by atoms with E-state index in [-0.39, 0.29) is 31.3 Å². The van der Waals surface area contributed by atoms with Crippen molar-refractivity contribution in [3.8, 4) is 5.75 Å². The van der Waals surface area contributed by atoms with Crippen LogP contribution in [0.5, 0.6) is 5.75 Å². The van der Waals surface area contributed by atoms with Crippen LogP contribution in [0, 0.1) is 0 Å². The highest BCUT2D eigenvalue weighted by Crippen LogP contribution is 2.42. The Morgan fingerprint density at radius 2 is 1.67 bits per heavy atom. The van der Waals surface area contributed by atoms with Crippen LogP contribution in [0.25, 0.3) is 0 Å². The molecular formula is C28H29F6N5O7. The summed E-state index contributed by atoms with van der Waals surface area (Å²) in [4.78, 5) is 63.6. The third-order valence-corrected chi connectivity index (χ3v) is 7.05. The molecule has 0 aliphatic carbocycles. The summed E-state index contributed by atoms with van der Waals surface area (Å²) >= 11 is 0. The van der Waals surface area contributed by atoms with Gasteiger partial charge in [-0.05, 0) is 63.6 Å². The van der Waals surface area contributed by atoms with Gasteiger partial charge in [-0.1, -0.05) is 0 Å². The molecule has 2 aliphatic rings. The number of amides is 4. The van der Waals surface area contributed by atoms with E-state index in [0.717, 1.165) is 4.90 Å². The molecule has 46 heavy (non-hydrogen) atoms. The van der Waals surface area contributed by atoms with Crippen LogP contribution in [0.2, 0.25) is 0 Å². The zero-order valence-electron chi connectivity index (χ0n) is 24.9. The summed E-state index contributed by atoms with van der Waals surface area (Å²) in [5, 5.41) is -0.0515. The van der Waals surface area contributed by atoms with Gasteiger partial charge in [0.05, 0.1) is 30.1 Å². The zero-order valence-corrected chi connectivity index (χ0v) is 24.9. The van der Waals surface area contributed by atoms with Crippen molar-refractivity contribution < 1.29 is 59.8 Å². The highest BCUT2D eigenvalue weighted by Gasteiger charge is 2.53. The number of anilines is 2. The number of alkyl halides is 6. The molecule has 4 amide bonds. The first-order chi connectivity index (χ1) is 21.2. The second kappa shape index (κ2) is 12.4. The largest absolute Gasteiger partial charge is 0.573 e. The minimum Gasteiger partial charge on any atom is -0.404 e. The maximum absolute atomic E-state index is 13.6. The van der Waals surface area contributed by atoms with Crippen molar-refractivity contribution in [1.29, 1.82) is 0 Å². The normalized spacial score (nSPS) is 18.5. The van der Waals surface area contributed by atoms with E-state index < -0.39 is 71.2 Å². The molecule has 2 aliphatic heterocycles. The Morgan fingerprint density at radius 3 is 2.26 bits per heavy atom. The molecule has 0 spiro atoms. The van der Waals surface area contributed by atoms with E-state index in [1.165, 1.54) is 31.1 Å². The molecule has 0 bridgehead atoms. The summed E-state index contributed by atoms with van der Waals surface area (Å²) in [5.41, 5.74) is -3.42. The minimum atomic E-state index is -5.57. The number of nitrogens with zero attached hydrogens (tertiary/aromatic N) is 5. The van der Waals surface area contributed by atoms with Crippen LogP contribution >= 0.6 is 0 Å². The lowest BCUT2D eigenvalue weighted by Crippen LogP contribution is -2.52. The summed E-state index contributed by atoms with van der Waals surface area (Å²) in [6, 6.07) is 3.90. The highest BCUT2D eigenvalue weighted by molar-refractivity contribution is 6.23. The van der Waals surface area contributed by atoms with Crippen molar-refractivity contribution in [1.82, 2.24) is 14.8 Å². The van der Waals surface area contributed by atoms with Crippen LogP contribution in [-0.2, 0) is 30.5 Å². The lowest BCUT2D eigenvalue weighted by atomic mass is 10.0. The van der Waals surface area contributed by atoms with Gasteiger partial charge in [0.25, 0.3) is 11.8 Å². The Bertz CT molecular complexity index is 1500. The van der Waals surface area contributed by atoms with Crippen LogP contribution in [0.4, 0.5) is 42.5 Å². The number of hydrogen-bond acceptors (Lipinski definition) is 9. The number of carbonyl (C=O) groups is 4. The van der Waals surface area contributed by atoms with Crippen LogP contribution in [-0.4, -0.2) is 88.5 Å². The molecule has 3 heterocycles. The van der Waals surface area contributed by atoms with E-state index in [1.807, 2.05) is 0 Å². The predicted octanol–water partition coefficient (Wildman–Crippen LogP) is 4.19. The van der Waals surface area contributed by atoms with Crippen molar-refractivity contribution in [2.75, 3.05) is 36.2 Å². The van der Waals surface area contributed by atoms with Gasteiger partial charge in [-0.2, -0.15) is 13.2 Å². The number of hydroxylamine groups is 1. The van der Waals surface area contributed by atoms with E-state index in [9.17, 15) is 45.5 Å². The van der Waals surface area contributed by atoms with Crippen LogP contribution < -0.4 is 14.7 Å². The smallest absolute Gasteiger partial charge is 0.404 e. The highest BCUT2D eigenvalue weighted by atomic mass is 19.4. The molecule has 2 saturated heterocycles. The standard InChI is InChI=1S/C28H29F6N5O7/c1-25(2)16-36(11-12-44-25)15-21(40)39(46-23(42)27(29,30)31)18-5-6-20(45-28(32,33)34)19(13-18)38-22(41)26(3,4)37(24(38)43)14-17-7-9-35-10-8-17/h5-10,13H,11-12,14-16H2,1-4H3. The molecule has 250 valence electrons. The Balaban J connectivity index is 1.78. The number of halogens is 6. The van der Waals surface area contributed by atoms with Gasteiger partial charge in [0.1, 0.15) is 5.54 Å². The molecule has 1 aromatic carbocycles. The molecule has 2 aromatic rings. The average Bonchev–Trinajstić information content (AvgIpc) is 3.09. The van der Waals surface area contributed by atoms with Gasteiger partial charge in [0, 0.05) is 32.0 Å². The first-order valence-corrected chi connectivity index (χ1v) is 13.6. The molecule has 18 heteroatoms. The number of ether oxygens (including phenoxy) is 2. The second-order valence-electron chi connectivity index (χ2n) is 11.5. The SMILES string of the molecule is CC1(C)CN(CC(=O)N(OC(=O)C(F)(F)F)c2ccc(OC(F)(F)F)c(N3C(=O)N(Cc4ccncc4)C(C)(C)C3=O)c2)CCO1. The number of pyridine rings is 1. The van der Waals surface area contributed by atoms with E-state index >= 15 is 0 Å². The summed E-state index contributed by atoms with van der Waals surface area (Å²) in [6.45, 7) is 5.84.